The van der Waals surface area contributed by atoms with E-state index >= 15 is 0 Å². The molecular formula is C14H23NO3. The van der Waals surface area contributed by atoms with E-state index in [0.717, 1.165) is 17.7 Å². The summed E-state index contributed by atoms with van der Waals surface area (Å²) in [6.07, 6.45) is 1.40. The number of benzene rings is 1. The van der Waals surface area contributed by atoms with Gasteiger partial charge in [0, 0.05) is 18.6 Å². The molecule has 0 saturated carbocycles. The minimum absolute atomic E-state index is 0.0856. The number of nitrogens with one attached hydrogen (secondary N) is 1. The van der Waals surface area contributed by atoms with Crippen molar-refractivity contribution in [1.82, 2.24) is 5.32 Å². The highest BCUT2D eigenvalue weighted by molar-refractivity contribution is 5.27. The molecule has 3 N–H and O–H groups in total. The van der Waals surface area contributed by atoms with Crippen LogP contribution in [0.1, 0.15) is 18.9 Å². The van der Waals surface area contributed by atoms with Crippen LogP contribution in [0.3, 0.4) is 0 Å². The molecule has 18 heavy (non-hydrogen) atoms. The minimum Gasteiger partial charge on any atom is -0.494 e. The molecular weight excluding hydrogens is 230 g/mol. The number of rotatable bonds is 8. The smallest absolute Gasteiger partial charge is 0.119 e. The molecule has 0 aliphatic rings. The second kappa shape index (κ2) is 7.36. The molecule has 1 unspecified atom stereocenters. The third-order valence-electron chi connectivity index (χ3n) is 3.20. The summed E-state index contributed by atoms with van der Waals surface area (Å²) in [5, 5.41) is 21.1. The normalized spacial score (nSPS) is 14.2. The molecule has 0 fully saturated rings. The van der Waals surface area contributed by atoms with Gasteiger partial charge in [-0.2, -0.15) is 0 Å². The zero-order valence-electron chi connectivity index (χ0n) is 11.1. The van der Waals surface area contributed by atoms with Crippen LogP contribution in [0.15, 0.2) is 24.3 Å². The van der Waals surface area contributed by atoms with Gasteiger partial charge in [0.25, 0.3) is 0 Å². The molecule has 0 spiro atoms. The van der Waals surface area contributed by atoms with Crippen LogP contribution in [-0.4, -0.2) is 42.6 Å². The Hall–Kier alpha value is -1.10. The molecule has 0 bridgehead atoms. The van der Waals surface area contributed by atoms with E-state index in [4.69, 9.17) is 9.84 Å². The minimum atomic E-state index is -0.295. The first-order chi connectivity index (χ1) is 8.63. The van der Waals surface area contributed by atoms with E-state index in [1.165, 1.54) is 0 Å². The summed E-state index contributed by atoms with van der Waals surface area (Å²) in [6, 6.07) is 7.71. The highest BCUT2D eigenvalue weighted by Crippen LogP contribution is 2.14. The number of ether oxygens (including phenoxy) is 1. The number of hydrogen-bond acceptors (Lipinski definition) is 4. The lowest BCUT2D eigenvalue weighted by Gasteiger charge is -2.26. The van der Waals surface area contributed by atoms with Gasteiger partial charge in [0.15, 0.2) is 0 Å². The fourth-order valence-corrected chi connectivity index (χ4v) is 1.56. The average molecular weight is 253 g/mol. The molecule has 0 heterocycles. The van der Waals surface area contributed by atoms with Gasteiger partial charge < -0.3 is 20.3 Å². The second-order valence-electron chi connectivity index (χ2n) is 4.68. The first-order valence-corrected chi connectivity index (χ1v) is 6.26. The van der Waals surface area contributed by atoms with Gasteiger partial charge in [-0.1, -0.05) is 12.1 Å². The highest BCUT2D eigenvalue weighted by Gasteiger charge is 2.20. The van der Waals surface area contributed by atoms with Gasteiger partial charge in [0.05, 0.1) is 13.2 Å². The molecule has 1 rings (SSSR count). The average Bonchev–Trinajstić information content (AvgIpc) is 2.41. The Morgan fingerprint density at radius 2 is 1.89 bits per heavy atom. The molecule has 102 valence electrons. The summed E-state index contributed by atoms with van der Waals surface area (Å²) in [5.41, 5.74) is 0.803. The van der Waals surface area contributed by atoms with Gasteiger partial charge in [0.2, 0.25) is 0 Å². The Bertz CT molecular complexity index is 333. The van der Waals surface area contributed by atoms with Gasteiger partial charge >= 0.3 is 0 Å². The quantitative estimate of drug-likeness (QED) is 0.646. The van der Waals surface area contributed by atoms with Crippen molar-refractivity contribution >= 4 is 0 Å². The number of aliphatic hydroxyl groups excluding tert-OH is 2. The van der Waals surface area contributed by atoms with Crippen molar-refractivity contribution in [3.8, 4) is 5.75 Å². The van der Waals surface area contributed by atoms with Crippen molar-refractivity contribution in [2.24, 2.45) is 0 Å². The van der Waals surface area contributed by atoms with Crippen LogP contribution >= 0.6 is 0 Å². The maximum absolute atomic E-state index is 9.24. The molecule has 0 amide bonds. The van der Waals surface area contributed by atoms with Gasteiger partial charge in [-0.25, -0.2) is 0 Å². The van der Waals surface area contributed by atoms with Crippen molar-refractivity contribution in [3.05, 3.63) is 29.8 Å². The Morgan fingerprint density at radius 3 is 2.39 bits per heavy atom. The molecule has 0 saturated heterocycles. The number of aliphatic hydroxyl groups is 2. The van der Waals surface area contributed by atoms with E-state index in [9.17, 15) is 5.11 Å². The largest absolute Gasteiger partial charge is 0.494 e. The molecule has 0 aliphatic heterocycles. The van der Waals surface area contributed by atoms with Crippen molar-refractivity contribution in [1.29, 1.82) is 0 Å². The van der Waals surface area contributed by atoms with Gasteiger partial charge in [0.1, 0.15) is 5.75 Å². The molecule has 1 aromatic rings. The summed E-state index contributed by atoms with van der Waals surface area (Å²) in [4.78, 5) is 0. The van der Waals surface area contributed by atoms with Crippen molar-refractivity contribution in [2.75, 3.05) is 26.9 Å². The van der Waals surface area contributed by atoms with Crippen LogP contribution in [0.5, 0.6) is 5.75 Å². The Kier molecular flexibility index (Phi) is 6.12. The summed E-state index contributed by atoms with van der Waals surface area (Å²) in [5.74, 6) is 0.813. The maximum atomic E-state index is 9.24. The van der Waals surface area contributed by atoms with Gasteiger partial charge in [-0.3, -0.25) is 0 Å². The zero-order chi connectivity index (χ0) is 13.4. The van der Waals surface area contributed by atoms with Crippen LogP contribution in [0, 0.1) is 0 Å². The lowest BCUT2D eigenvalue weighted by molar-refractivity contribution is 0.151. The molecule has 0 radical (unpaired) electrons. The van der Waals surface area contributed by atoms with Crippen LogP contribution in [0.25, 0.3) is 0 Å². The maximum Gasteiger partial charge on any atom is 0.119 e. The lowest BCUT2D eigenvalue weighted by Crippen LogP contribution is -2.44. The fraction of sp³-hybridized carbons (Fsp3) is 0.571. The second-order valence-corrected chi connectivity index (χ2v) is 4.68. The van der Waals surface area contributed by atoms with Crippen molar-refractivity contribution in [3.63, 3.8) is 0 Å². The van der Waals surface area contributed by atoms with Crippen LogP contribution in [0.2, 0.25) is 0 Å². The summed E-state index contributed by atoms with van der Waals surface area (Å²) >= 11 is 0. The van der Waals surface area contributed by atoms with E-state index in [1.807, 2.05) is 38.2 Å². The van der Waals surface area contributed by atoms with Crippen LogP contribution in [0.4, 0.5) is 0 Å². The monoisotopic (exact) mass is 253 g/mol. The SMILES string of the molecule is CNC(C)(CO)CCOc1ccc(CCO)cc1. The standard InChI is InChI=1S/C14H23NO3/c1-14(11-17,15-2)8-10-18-13-5-3-12(4-6-13)7-9-16/h3-6,15-17H,7-11H2,1-2H3. The topological polar surface area (TPSA) is 61.7 Å². The highest BCUT2D eigenvalue weighted by atomic mass is 16.5. The van der Waals surface area contributed by atoms with E-state index < -0.39 is 0 Å². The Balaban J connectivity index is 2.39. The van der Waals surface area contributed by atoms with E-state index in [1.54, 1.807) is 0 Å². The lowest BCUT2D eigenvalue weighted by atomic mass is 10.0. The van der Waals surface area contributed by atoms with Gasteiger partial charge in [-0.15, -0.1) is 0 Å². The number of hydrogen-bond donors (Lipinski definition) is 3. The van der Waals surface area contributed by atoms with E-state index in [-0.39, 0.29) is 18.8 Å². The van der Waals surface area contributed by atoms with Crippen LogP contribution in [-0.2, 0) is 6.42 Å². The predicted octanol–water partition coefficient (Wildman–Crippen LogP) is 0.961. The first-order valence-electron chi connectivity index (χ1n) is 6.26. The van der Waals surface area contributed by atoms with E-state index in [2.05, 4.69) is 5.32 Å². The Labute approximate surface area is 109 Å². The first kappa shape index (κ1) is 15.0. The molecule has 4 nitrogen and oxygen atoms in total. The predicted molar refractivity (Wildman–Crippen MR) is 71.9 cm³/mol. The van der Waals surface area contributed by atoms with Crippen LogP contribution < -0.4 is 10.1 Å². The molecule has 1 aromatic carbocycles. The third-order valence-corrected chi connectivity index (χ3v) is 3.20. The molecule has 4 heteroatoms. The fourth-order valence-electron chi connectivity index (χ4n) is 1.56. The Morgan fingerprint density at radius 1 is 1.22 bits per heavy atom. The van der Waals surface area contributed by atoms with Gasteiger partial charge in [-0.05, 0) is 38.1 Å². The summed E-state index contributed by atoms with van der Waals surface area (Å²) in [6.45, 7) is 2.76. The van der Waals surface area contributed by atoms with E-state index in [0.29, 0.717) is 13.0 Å². The zero-order valence-corrected chi connectivity index (χ0v) is 11.1. The summed E-state index contributed by atoms with van der Waals surface area (Å²) in [7, 11) is 1.83. The number of likely N-dealkylation sites (N-methyl/N-ethyl adjacent to an activating group) is 1. The molecule has 1 atom stereocenters. The molecule has 0 aliphatic carbocycles. The summed E-state index contributed by atoms with van der Waals surface area (Å²) < 4.78 is 5.62. The third kappa shape index (κ3) is 4.64. The van der Waals surface area contributed by atoms with Crippen molar-refractivity contribution in [2.45, 2.75) is 25.3 Å². The van der Waals surface area contributed by atoms with Crippen molar-refractivity contribution < 1.29 is 14.9 Å². The molecule has 0 aromatic heterocycles.